The lowest BCUT2D eigenvalue weighted by Gasteiger charge is -2.10. The number of anilines is 1. The van der Waals surface area contributed by atoms with E-state index in [1.54, 1.807) is 12.1 Å². The monoisotopic (exact) mass is 495 g/mol. The topological polar surface area (TPSA) is 76.4 Å². The van der Waals surface area contributed by atoms with E-state index >= 15 is 0 Å². The Morgan fingerprint density at radius 3 is 2.71 bits per heavy atom. The highest BCUT2D eigenvalue weighted by Gasteiger charge is 2.11. The van der Waals surface area contributed by atoms with E-state index in [1.807, 2.05) is 61.5 Å². The Balaban J connectivity index is 1.36. The molecule has 3 aromatic carbocycles. The maximum Gasteiger partial charge on any atom is 0.264 e. The number of benzene rings is 3. The Labute approximate surface area is 192 Å². The number of nitrogens with one attached hydrogen (secondary N) is 2. The predicted octanol–water partition coefficient (Wildman–Crippen LogP) is 5.46. The lowest BCUT2D eigenvalue weighted by atomic mass is 10.2. The molecule has 156 valence electrons. The number of nitrogens with zero attached hydrogens (tertiary/aromatic N) is 1. The number of fused-ring (bicyclic) bond motifs is 1. The first-order valence-corrected chi connectivity index (χ1v) is 10.6. The zero-order valence-corrected chi connectivity index (χ0v) is 18.9. The number of aromatic nitrogens is 1. The molecule has 1 aromatic heterocycles. The third kappa shape index (κ3) is 5.48. The third-order valence-corrected chi connectivity index (χ3v) is 5.06. The molecule has 31 heavy (non-hydrogen) atoms. The van der Waals surface area contributed by atoms with Gasteiger partial charge >= 0.3 is 0 Å². The van der Waals surface area contributed by atoms with Crippen molar-refractivity contribution in [3.63, 3.8) is 0 Å². The smallest absolute Gasteiger partial charge is 0.264 e. The Morgan fingerprint density at radius 1 is 1.13 bits per heavy atom. The van der Waals surface area contributed by atoms with Gasteiger partial charge < -0.3 is 14.5 Å². The molecule has 2 N–H and O–H groups in total. The summed E-state index contributed by atoms with van der Waals surface area (Å²) in [5.74, 6) is 0.799. The number of ether oxygens (including phenoxy) is 1. The molecule has 0 unspecified atom stereocenters. The Bertz CT molecular complexity index is 1250. The van der Waals surface area contributed by atoms with Crippen molar-refractivity contribution in [2.45, 2.75) is 6.92 Å². The van der Waals surface area contributed by atoms with E-state index in [9.17, 15) is 4.79 Å². The highest BCUT2D eigenvalue weighted by Crippen LogP contribution is 2.27. The maximum absolute atomic E-state index is 12.1. The van der Waals surface area contributed by atoms with Gasteiger partial charge in [-0.2, -0.15) is 0 Å². The Hall–Kier alpha value is -3.23. The number of aryl methyl sites for hydroxylation is 1. The molecule has 0 aliphatic rings. The summed E-state index contributed by atoms with van der Waals surface area (Å²) in [6, 6.07) is 20.6. The molecule has 0 bridgehead atoms. The molecule has 4 aromatic rings. The molecule has 6 nitrogen and oxygen atoms in total. The first-order valence-electron chi connectivity index (χ1n) is 9.43. The average Bonchev–Trinajstić information content (AvgIpc) is 3.17. The molecule has 0 atom stereocenters. The summed E-state index contributed by atoms with van der Waals surface area (Å²) < 4.78 is 12.2. The van der Waals surface area contributed by atoms with Gasteiger partial charge in [0.05, 0.1) is 0 Å². The highest BCUT2D eigenvalue weighted by molar-refractivity contribution is 9.10. The summed E-state index contributed by atoms with van der Waals surface area (Å²) >= 11 is 8.68. The zero-order valence-electron chi connectivity index (χ0n) is 16.5. The van der Waals surface area contributed by atoms with Crippen LogP contribution in [0.5, 0.6) is 5.75 Å². The van der Waals surface area contributed by atoms with Crippen molar-refractivity contribution in [1.82, 2.24) is 10.3 Å². The minimum absolute atomic E-state index is 0.136. The van der Waals surface area contributed by atoms with Gasteiger partial charge in [-0.1, -0.05) is 39.7 Å². The van der Waals surface area contributed by atoms with Crippen LogP contribution in [0.1, 0.15) is 5.56 Å². The summed E-state index contributed by atoms with van der Waals surface area (Å²) in [6.45, 7) is 1.85. The van der Waals surface area contributed by atoms with E-state index in [4.69, 9.17) is 21.4 Å². The van der Waals surface area contributed by atoms with Gasteiger partial charge in [-0.25, -0.2) is 4.98 Å². The second-order valence-corrected chi connectivity index (χ2v) is 8.14. The van der Waals surface area contributed by atoms with Crippen LogP contribution in [-0.2, 0) is 4.79 Å². The van der Waals surface area contributed by atoms with Gasteiger partial charge in [0.1, 0.15) is 11.3 Å². The second kappa shape index (κ2) is 9.28. The largest absolute Gasteiger partial charge is 0.484 e. The van der Waals surface area contributed by atoms with Crippen LogP contribution in [0, 0.1) is 6.92 Å². The lowest BCUT2D eigenvalue weighted by Crippen LogP contribution is -2.37. The highest BCUT2D eigenvalue weighted by atomic mass is 79.9. The van der Waals surface area contributed by atoms with Crippen molar-refractivity contribution >= 4 is 56.0 Å². The molecule has 0 saturated heterocycles. The van der Waals surface area contributed by atoms with Crippen LogP contribution in [-0.4, -0.2) is 22.6 Å². The average molecular weight is 496 g/mol. The quantitative estimate of drug-likeness (QED) is 0.358. The predicted molar refractivity (Wildman–Crippen MR) is 128 cm³/mol. The second-order valence-electron chi connectivity index (χ2n) is 6.82. The molecular weight excluding hydrogens is 478 g/mol. The minimum Gasteiger partial charge on any atom is -0.484 e. The fourth-order valence-corrected chi connectivity index (χ4v) is 3.49. The van der Waals surface area contributed by atoms with Crippen LogP contribution >= 0.6 is 28.1 Å². The number of hydrogen-bond acceptors (Lipinski definition) is 5. The van der Waals surface area contributed by atoms with Crippen LogP contribution in [0.3, 0.4) is 0 Å². The summed E-state index contributed by atoms with van der Waals surface area (Å²) in [7, 11) is 0. The molecule has 0 aliphatic carbocycles. The first kappa shape index (κ1) is 21.0. The van der Waals surface area contributed by atoms with Crippen LogP contribution in [0.4, 0.5) is 5.69 Å². The number of amides is 1. The molecule has 0 spiro atoms. The van der Waals surface area contributed by atoms with E-state index in [1.165, 1.54) is 0 Å². The van der Waals surface area contributed by atoms with Gasteiger partial charge in [0.15, 0.2) is 17.3 Å². The molecule has 1 heterocycles. The number of halogens is 1. The summed E-state index contributed by atoms with van der Waals surface area (Å²) in [6.07, 6.45) is 0. The number of rotatable bonds is 5. The zero-order chi connectivity index (χ0) is 21.8. The van der Waals surface area contributed by atoms with Crippen LogP contribution < -0.4 is 15.4 Å². The number of oxazole rings is 1. The molecule has 0 fully saturated rings. The van der Waals surface area contributed by atoms with Crippen LogP contribution in [0.25, 0.3) is 22.6 Å². The molecule has 0 aliphatic heterocycles. The number of carbonyl (C=O) groups excluding carboxylic acids is 1. The van der Waals surface area contributed by atoms with Crippen molar-refractivity contribution in [1.29, 1.82) is 0 Å². The van der Waals surface area contributed by atoms with Crippen molar-refractivity contribution in [3.8, 4) is 17.2 Å². The fraction of sp³-hybridized carbons (Fsp3) is 0.0870. The number of thiocarbonyl (C=S) groups is 1. The fourth-order valence-electron chi connectivity index (χ4n) is 2.86. The van der Waals surface area contributed by atoms with Crippen LogP contribution in [0.15, 0.2) is 75.6 Å². The van der Waals surface area contributed by atoms with Crippen molar-refractivity contribution in [2.24, 2.45) is 0 Å². The van der Waals surface area contributed by atoms with Crippen molar-refractivity contribution in [2.75, 3.05) is 11.9 Å². The van der Waals surface area contributed by atoms with E-state index in [0.717, 1.165) is 15.6 Å². The van der Waals surface area contributed by atoms with Gasteiger partial charge in [-0.3, -0.25) is 10.1 Å². The molecule has 8 heteroatoms. The van der Waals surface area contributed by atoms with Gasteiger partial charge in [-0.05, 0) is 67.7 Å². The van der Waals surface area contributed by atoms with Crippen LogP contribution in [0.2, 0.25) is 0 Å². The normalized spacial score (nSPS) is 10.6. The SMILES string of the molecule is Cc1ccc(OCC(=O)NC(=S)Nc2ccc3oc(-c4cccc(Br)c4)nc3c2)cc1. The summed E-state index contributed by atoms with van der Waals surface area (Å²) in [5, 5.41) is 5.76. The minimum atomic E-state index is -0.350. The molecule has 0 saturated carbocycles. The third-order valence-electron chi connectivity index (χ3n) is 4.36. The maximum atomic E-state index is 12.1. The first-order chi connectivity index (χ1) is 15.0. The van der Waals surface area contributed by atoms with E-state index in [0.29, 0.717) is 28.4 Å². The van der Waals surface area contributed by atoms with Gasteiger partial charge in [0.2, 0.25) is 5.89 Å². The molecule has 0 radical (unpaired) electrons. The summed E-state index contributed by atoms with van der Waals surface area (Å²) in [5.41, 5.74) is 4.01. The number of carbonyl (C=O) groups is 1. The van der Waals surface area contributed by atoms with Crippen molar-refractivity contribution in [3.05, 3.63) is 76.8 Å². The van der Waals surface area contributed by atoms with Gasteiger partial charge in [0.25, 0.3) is 5.91 Å². The lowest BCUT2D eigenvalue weighted by molar-refractivity contribution is -0.121. The standard InChI is InChI=1S/C23H18BrN3O3S/c1-14-5-8-18(9-6-14)29-13-21(28)27-23(31)25-17-7-10-20-19(12-17)26-22(30-20)15-3-2-4-16(24)11-15/h2-12H,13H2,1H3,(H2,25,27,28,31). The van der Waals surface area contributed by atoms with Gasteiger partial charge in [0, 0.05) is 15.7 Å². The van der Waals surface area contributed by atoms with Crippen molar-refractivity contribution < 1.29 is 13.9 Å². The molecule has 4 rings (SSSR count). The Morgan fingerprint density at radius 2 is 1.94 bits per heavy atom. The molecular formula is C23H18BrN3O3S. The van der Waals surface area contributed by atoms with E-state index in [-0.39, 0.29) is 17.6 Å². The molecule has 1 amide bonds. The summed E-state index contributed by atoms with van der Waals surface area (Å²) in [4.78, 5) is 16.6. The van der Waals surface area contributed by atoms with Gasteiger partial charge in [-0.15, -0.1) is 0 Å². The van der Waals surface area contributed by atoms with E-state index in [2.05, 4.69) is 31.5 Å². The van der Waals surface area contributed by atoms with E-state index < -0.39 is 0 Å². The number of hydrogen-bond donors (Lipinski definition) is 2. The Kier molecular flexibility index (Phi) is 6.29.